The lowest BCUT2D eigenvalue weighted by molar-refractivity contribution is -0.135. The molecule has 2 nitrogen and oxygen atoms in total. The molecule has 96 valence electrons. The predicted octanol–water partition coefficient (Wildman–Crippen LogP) is 1.91. The number of fused-ring (bicyclic) bond motifs is 1. The Morgan fingerprint density at radius 2 is 1.28 bits per heavy atom. The molecule has 18 heavy (non-hydrogen) atoms. The Labute approximate surface area is 108 Å². The van der Waals surface area contributed by atoms with Gasteiger partial charge < -0.3 is 10.2 Å². The number of aliphatic hydroxyl groups excluding tert-OH is 2. The van der Waals surface area contributed by atoms with Gasteiger partial charge in [-0.3, -0.25) is 0 Å². The van der Waals surface area contributed by atoms with Crippen molar-refractivity contribution in [2.75, 3.05) is 13.2 Å². The van der Waals surface area contributed by atoms with Crippen molar-refractivity contribution in [2.45, 2.75) is 12.8 Å². The molecule has 0 spiro atoms. The molecule has 5 aliphatic carbocycles. The summed E-state index contributed by atoms with van der Waals surface area (Å²) in [4.78, 5) is 0. The van der Waals surface area contributed by atoms with Crippen LogP contribution in [0.25, 0.3) is 0 Å². The van der Waals surface area contributed by atoms with Gasteiger partial charge in [-0.15, -0.1) is 0 Å². The van der Waals surface area contributed by atoms with E-state index < -0.39 is 0 Å². The topological polar surface area (TPSA) is 40.5 Å². The van der Waals surface area contributed by atoms with E-state index in [9.17, 15) is 10.2 Å². The highest BCUT2D eigenvalue weighted by molar-refractivity contribution is 5.42. The van der Waals surface area contributed by atoms with Crippen molar-refractivity contribution in [1.29, 1.82) is 0 Å². The summed E-state index contributed by atoms with van der Waals surface area (Å²) in [5, 5.41) is 19.5. The molecule has 2 heteroatoms. The molecule has 0 saturated heterocycles. The van der Waals surface area contributed by atoms with Crippen molar-refractivity contribution in [3.05, 3.63) is 36.5 Å². The predicted molar refractivity (Wildman–Crippen MR) is 69.7 cm³/mol. The molecule has 0 heterocycles. The van der Waals surface area contributed by atoms with Gasteiger partial charge in [-0.25, -0.2) is 0 Å². The van der Waals surface area contributed by atoms with Gasteiger partial charge in [0.05, 0.1) is 0 Å². The quantitative estimate of drug-likeness (QED) is 0.728. The van der Waals surface area contributed by atoms with Crippen molar-refractivity contribution in [3.63, 3.8) is 0 Å². The van der Waals surface area contributed by atoms with Crippen molar-refractivity contribution in [3.8, 4) is 0 Å². The summed E-state index contributed by atoms with van der Waals surface area (Å²) >= 11 is 0. The number of hydrogen-bond acceptors (Lipinski definition) is 2. The van der Waals surface area contributed by atoms with E-state index in [-0.39, 0.29) is 35.9 Å². The van der Waals surface area contributed by atoms with Crippen LogP contribution < -0.4 is 0 Å². The summed E-state index contributed by atoms with van der Waals surface area (Å²) < 4.78 is 0. The molecule has 5 aliphatic rings. The summed E-state index contributed by atoms with van der Waals surface area (Å²) in [5.74, 6) is 1.27. The second-order valence-corrected chi connectivity index (χ2v) is 6.42. The van der Waals surface area contributed by atoms with Crippen LogP contribution in [0.1, 0.15) is 12.8 Å². The zero-order chi connectivity index (χ0) is 12.4. The lowest BCUT2D eigenvalue weighted by Crippen LogP contribution is -2.66. The van der Waals surface area contributed by atoms with Crippen molar-refractivity contribution in [1.82, 2.24) is 0 Å². The van der Waals surface area contributed by atoms with Crippen LogP contribution in [0, 0.1) is 34.5 Å². The third kappa shape index (κ3) is 0.927. The Bertz CT molecular complexity index is 424. The van der Waals surface area contributed by atoms with Gasteiger partial charge in [-0.2, -0.15) is 0 Å². The van der Waals surface area contributed by atoms with Crippen LogP contribution in [0.15, 0.2) is 36.5 Å². The Balaban J connectivity index is 1.88. The summed E-state index contributed by atoms with van der Waals surface area (Å²) in [6.07, 6.45) is 16.2. The van der Waals surface area contributed by atoms with Crippen molar-refractivity contribution >= 4 is 0 Å². The molecule has 1 saturated carbocycles. The number of rotatable bonds is 2. The highest BCUT2D eigenvalue weighted by Gasteiger charge is 2.68. The Hall–Kier alpha value is -0.860. The third-order valence-electron chi connectivity index (χ3n) is 6.23. The summed E-state index contributed by atoms with van der Waals surface area (Å²) in [6.45, 7) is 0.401. The van der Waals surface area contributed by atoms with Crippen LogP contribution in [-0.2, 0) is 0 Å². The Kier molecular flexibility index (Phi) is 2.06. The normalized spacial score (nSPS) is 55.0. The average molecular weight is 244 g/mol. The van der Waals surface area contributed by atoms with E-state index in [1.54, 1.807) is 0 Å². The van der Waals surface area contributed by atoms with E-state index in [2.05, 4.69) is 36.5 Å². The average Bonchev–Trinajstić information content (AvgIpc) is 2.40. The molecule has 1 fully saturated rings. The highest BCUT2D eigenvalue weighted by atomic mass is 16.3. The second kappa shape index (κ2) is 3.37. The fourth-order valence-corrected chi connectivity index (χ4v) is 5.36. The maximum Gasteiger partial charge on any atom is 0.0468 e. The van der Waals surface area contributed by atoms with Crippen LogP contribution in [0.4, 0.5) is 0 Å². The molecule has 5 rings (SSSR count). The van der Waals surface area contributed by atoms with Crippen LogP contribution >= 0.6 is 0 Å². The van der Waals surface area contributed by atoms with Crippen molar-refractivity contribution < 1.29 is 10.2 Å². The van der Waals surface area contributed by atoms with Crippen LogP contribution in [0.5, 0.6) is 0 Å². The van der Waals surface area contributed by atoms with Gasteiger partial charge in [0.25, 0.3) is 0 Å². The zero-order valence-corrected chi connectivity index (χ0v) is 10.5. The van der Waals surface area contributed by atoms with Gasteiger partial charge in [-0.05, 0) is 36.5 Å². The molecular formula is C16H20O2. The van der Waals surface area contributed by atoms with Gasteiger partial charge in [0.15, 0.2) is 0 Å². The molecule has 6 atom stereocenters. The number of hydrogen-bond donors (Lipinski definition) is 2. The first-order chi connectivity index (χ1) is 8.79. The van der Waals surface area contributed by atoms with E-state index in [1.807, 2.05) is 0 Å². The minimum Gasteiger partial charge on any atom is -0.396 e. The largest absolute Gasteiger partial charge is 0.396 e. The summed E-state index contributed by atoms with van der Waals surface area (Å²) in [7, 11) is 0. The highest BCUT2D eigenvalue weighted by Crippen LogP contribution is 2.73. The van der Waals surface area contributed by atoms with E-state index in [1.165, 1.54) is 0 Å². The first-order valence-corrected chi connectivity index (χ1v) is 7.04. The maximum absolute atomic E-state index is 9.74. The van der Waals surface area contributed by atoms with Crippen molar-refractivity contribution in [2.24, 2.45) is 34.5 Å². The second-order valence-electron chi connectivity index (χ2n) is 6.42. The van der Waals surface area contributed by atoms with Crippen LogP contribution in [-0.4, -0.2) is 23.4 Å². The minimum atomic E-state index is 0.201. The fraction of sp³-hybridized carbons (Fsp3) is 0.625. The molecule has 0 aromatic rings. The monoisotopic (exact) mass is 244 g/mol. The summed E-state index contributed by atoms with van der Waals surface area (Å²) in [5.41, 5.74) is 0.473. The first-order valence-electron chi connectivity index (χ1n) is 7.04. The smallest absolute Gasteiger partial charge is 0.0468 e. The van der Waals surface area contributed by atoms with E-state index >= 15 is 0 Å². The molecular weight excluding hydrogens is 224 g/mol. The van der Waals surface area contributed by atoms with Gasteiger partial charge >= 0.3 is 0 Å². The van der Waals surface area contributed by atoms with Gasteiger partial charge in [0.1, 0.15) is 0 Å². The molecule has 2 bridgehead atoms. The van der Waals surface area contributed by atoms with Gasteiger partial charge in [0.2, 0.25) is 0 Å². The molecule has 0 amide bonds. The lowest BCUT2D eigenvalue weighted by atomic mass is 9.33. The summed E-state index contributed by atoms with van der Waals surface area (Å²) in [6, 6.07) is 0. The van der Waals surface area contributed by atoms with Crippen LogP contribution in [0.2, 0.25) is 0 Å². The van der Waals surface area contributed by atoms with E-state index in [0.29, 0.717) is 11.8 Å². The zero-order valence-electron chi connectivity index (χ0n) is 10.5. The fourth-order valence-electron chi connectivity index (χ4n) is 5.36. The van der Waals surface area contributed by atoms with Gasteiger partial charge in [-0.1, -0.05) is 36.5 Å². The molecule has 0 aromatic carbocycles. The maximum atomic E-state index is 9.74. The standard InChI is InChI=1S/C16H20O2/c17-9-11-12(10-18)14-4-3-13(11)15-5-1-2-6-16(14,15)8-7-15/h1-4,7-8,11-14,17-18H,5-6,9-10H2. The van der Waals surface area contributed by atoms with E-state index in [4.69, 9.17) is 0 Å². The Morgan fingerprint density at radius 1 is 0.833 bits per heavy atom. The van der Waals surface area contributed by atoms with E-state index in [0.717, 1.165) is 12.8 Å². The third-order valence-corrected chi connectivity index (χ3v) is 6.23. The molecule has 0 aromatic heterocycles. The molecule has 2 N–H and O–H groups in total. The number of allylic oxidation sites excluding steroid dienone is 6. The first kappa shape index (κ1) is 11.0. The molecule has 0 radical (unpaired) electrons. The SMILES string of the molecule is OCC1C(CO)C2C=CC1C13C=CC21CC=CC3. The minimum absolute atomic E-state index is 0.201. The Morgan fingerprint density at radius 3 is 1.61 bits per heavy atom. The number of aliphatic hydroxyl groups is 2. The van der Waals surface area contributed by atoms with Crippen LogP contribution in [0.3, 0.4) is 0 Å². The van der Waals surface area contributed by atoms with Gasteiger partial charge in [0, 0.05) is 24.0 Å². The lowest BCUT2D eigenvalue weighted by Gasteiger charge is -2.70. The molecule has 6 unspecified atom stereocenters. The molecule has 0 aliphatic heterocycles.